The zero-order chi connectivity index (χ0) is 11.9. The van der Waals surface area contributed by atoms with E-state index in [-0.39, 0.29) is 11.9 Å². The quantitative estimate of drug-likeness (QED) is 0.755. The minimum absolute atomic E-state index is 0.0166. The highest BCUT2D eigenvalue weighted by molar-refractivity contribution is 5.72. The first-order valence-corrected chi connectivity index (χ1v) is 6.81. The van der Waals surface area contributed by atoms with Gasteiger partial charge in [-0.05, 0) is 51.1 Å². The number of rotatable bonds is 4. The Morgan fingerprint density at radius 3 is 2.82 bits per heavy atom. The Morgan fingerprint density at radius 1 is 1.29 bits per heavy atom. The molecule has 98 valence electrons. The molecular formula is C13H23NO3. The summed E-state index contributed by atoms with van der Waals surface area (Å²) in [6.07, 6.45) is 5.16. The van der Waals surface area contributed by atoms with Crippen molar-refractivity contribution in [2.24, 2.45) is 11.8 Å². The first-order valence-electron chi connectivity index (χ1n) is 6.81. The third-order valence-electron chi connectivity index (χ3n) is 3.72. The van der Waals surface area contributed by atoms with E-state index in [9.17, 15) is 4.79 Å². The van der Waals surface area contributed by atoms with Crippen molar-refractivity contribution in [2.75, 3.05) is 32.9 Å². The topological polar surface area (TPSA) is 47.6 Å². The van der Waals surface area contributed by atoms with Crippen LogP contribution in [0.5, 0.6) is 0 Å². The maximum atomic E-state index is 11.7. The van der Waals surface area contributed by atoms with Crippen LogP contribution in [0.15, 0.2) is 0 Å². The Hall–Kier alpha value is -0.610. The van der Waals surface area contributed by atoms with Crippen LogP contribution in [0.2, 0.25) is 0 Å². The smallest absolute Gasteiger partial charge is 0.309 e. The highest BCUT2D eigenvalue weighted by Gasteiger charge is 2.23. The van der Waals surface area contributed by atoms with Gasteiger partial charge in [0.25, 0.3) is 0 Å². The van der Waals surface area contributed by atoms with Gasteiger partial charge < -0.3 is 14.8 Å². The number of piperidine rings is 1. The fourth-order valence-corrected chi connectivity index (χ4v) is 2.55. The molecule has 0 aliphatic carbocycles. The van der Waals surface area contributed by atoms with Gasteiger partial charge in [-0.15, -0.1) is 0 Å². The van der Waals surface area contributed by atoms with Crippen molar-refractivity contribution in [3.63, 3.8) is 0 Å². The fraction of sp³-hybridized carbons (Fsp3) is 0.923. The number of carbonyl (C=O) groups excluding carboxylic acids is 1. The molecule has 17 heavy (non-hydrogen) atoms. The second-order valence-electron chi connectivity index (χ2n) is 5.06. The van der Waals surface area contributed by atoms with E-state index in [0.29, 0.717) is 25.7 Å². The van der Waals surface area contributed by atoms with E-state index < -0.39 is 0 Å². The Kier molecular flexibility index (Phi) is 5.26. The molecule has 1 atom stereocenters. The van der Waals surface area contributed by atoms with E-state index in [2.05, 4.69) is 5.32 Å². The molecule has 1 N–H and O–H groups in total. The number of hydrogen-bond acceptors (Lipinski definition) is 4. The summed E-state index contributed by atoms with van der Waals surface area (Å²) >= 11 is 0. The van der Waals surface area contributed by atoms with Gasteiger partial charge in [-0.1, -0.05) is 0 Å². The van der Waals surface area contributed by atoms with Crippen LogP contribution in [-0.4, -0.2) is 38.9 Å². The van der Waals surface area contributed by atoms with E-state index in [1.54, 1.807) is 0 Å². The van der Waals surface area contributed by atoms with Gasteiger partial charge in [0.1, 0.15) is 0 Å². The number of hydrogen-bond donors (Lipinski definition) is 1. The molecule has 0 aromatic heterocycles. The SMILES string of the molecule is O=C(OCCC1CCCNC1)C1CCOCC1. The van der Waals surface area contributed by atoms with Gasteiger partial charge >= 0.3 is 5.97 Å². The summed E-state index contributed by atoms with van der Waals surface area (Å²) in [5, 5.41) is 3.38. The average molecular weight is 241 g/mol. The van der Waals surface area contributed by atoms with E-state index >= 15 is 0 Å². The van der Waals surface area contributed by atoms with Crippen molar-refractivity contribution in [3.05, 3.63) is 0 Å². The molecule has 0 spiro atoms. The van der Waals surface area contributed by atoms with Gasteiger partial charge in [0, 0.05) is 13.2 Å². The average Bonchev–Trinajstić information content (AvgIpc) is 2.41. The van der Waals surface area contributed by atoms with E-state index in [0.717, 1.165) is 32.4 Å². The van der Waals surface area contributed by atoms with Crippen molar-refractivity contribution < 1.29 is 14.3 Å². The summed E-state index contributed by atoms with van der Waals surface area (Å²) in [4.78, 5) is 11.7. The summed E-state index contributed by atoms with van der Waals surface area (Å²) in [6.45, 7) is 4.20. The number of nitrogens with one attached hydrogen (secondary N) is 1. The molecule has 0 aromatic rings. The van der Waals surface area contributed by atoms with Crippen LogP contribution >= 0.6 is 0 Å². The van der Waals surface area contributed by atoms with Crippen molar-refractivity contribution in [1.82, 2.24) is 5.32 Å². The Morgan fingerprint density at radius 2 is 2.12 bits per heavy atom. The molecule has 2 fully saturated rings. The largest absolute Gasteiger partial charge is 0.465 e. The third kappa shape index (κ3) is 4.28. The standard InChI is InChI=1S/C13H23NO3/c15-13(12-4-7-16-8-5-12)17-9-3-11-2-1-6-14-10-11/h11-12,14H,1-10H2. The second kappa shape index (κ2) is 6.97. The van der Waals surface area contributed by atoms with Crippen molar-refractivity contribution in [3.8, 4) is 0 Å². The lowest BCUT2D eigenvalue weighted by Crippen LogP contribution is -2.31. The molecule has 0 saturated carbocycles. The van der Waals surface area contributed by atoms with Gasteiger partial charge in [-0.25, -0.2) is 0 Å². The van der Waals surface area contributed by atoms with Gasteiger partial charge in [0.05, 0.1) is 12.5 Å². The maximum Gasteiger partial charge on any atom is 0.309 e. The molecule has 0 aromatic carbocycles. The minimum Gasteiger partial charge on any atom is -0.465 e. The predicted molar refractivity (Wildman–Crippen MR) is 64.7 cm³/mol. The molecule has 4 heteroatoms. The lowest BCUT2D eigenvalue weighted by molar-refractivity contribution is -0.152. The van der Waals surface area contributed by atoms with Gasteiger partial charge in [0.15, 0.2) is 0 Å². The molecule has 1 unspecified atom stereocenters. The minimum atomic E-state index is -0.0166. The molecule has 2 aliphatic heterocycles. The summed E-state index contributed by atoms with van der Waals surface area (Å²) in [5.41, 5.74) is 0. The number of carbonyl (C=O) groups is 1. The van der Waals surface area contributed by atoms with Crippen LogP contribution < -0.4 is 5.32 Å². The van der Waals surface area contributed by atoms with Crippen LogP contribution in [0.1, 0.15) is 32.1 Å². The van der Waals surface area contributed by atoms with Gasteiger partial charge in [-0.2, -0.15) is 0 Å². The molecule has 2 heterocycles. The second-order valence-corrected chi connectivity index (χ2v) is 5.06. The summed E-state index contributed by atoms with van der Waals surface area (Å²) in [7, 11) is 0. The monoisotopic (exact) mass is 241 g/mol. The lowest BCUT2D eigenvalue weighted by Gasteiger charge is -2.24. The van der Waals surface area contributed by atoms with E-state index in [1.165, 1.54) is 12.8 Å². The summed E-state index contributed by atoms with van der Waals surface area (Å²) in [6, 6.07) is 0. The van der Waals surface area contributed by atoms with Crippen LogP contribution in [0.25, 0.3) is 0 Å². The molecule has 2 aliphatic rings. The zero-order valence-electron chi connectivity index (χ0n) is 10.5. The molecule has 0 bridgehead atoms. The Balaban J connectivity index is 1.58. The Bertz CT molecular complexity index is 233. The molecular weight excluding hydrogens is 218 g/mol. The lowest BCUT2D eigenvalue weighted by atomic mass is 9.96. The highest BCUT2D eigenvalue weighted by Crippen LogP contribution is 2.18. The maximum absolute atomic E-state index is 11.7. The molecule has 0 radical (unpaired) electrons. The fourth-order valence-electron chi connectivity index (χ4n) is 2.55. The van der Waals surface area contributed by atoms with Gasteiger partial charge in [0.2, 0.25) is 0 Å². The zero-order valence-corrected chi connectivity index (χ0v) is 10.5. The first kappa shape index (κ1) is 12.8. The number of ether oxygens (including phenoxy) is 2. The van der Waals surface area contributed by atoms with E-state index in [4.69, 9.17) is 9.47 Å². The predicted octanol–water partition coefficient (Wildman–Crippen LogP) is 1.35. The van der Waals surface area contributed by atoms with Crippen molar-refractivity contribution >= 4 is 5.97 Å². The molecule has 4 nitrogen and oxygen atoms in total. The van der Waals surface area contributed by atoms with Crippen LogP contribution in [0.4, 0.5) is 0 Å². The molecule has 2 saturated heterocycles. The first-order chi connectivity index (χ1) is 8.36. The number of esters is 1. The summed E-state index contributed by atoms with van der Waals surface area (Å²) in [5.74, 6) is 0.747. The highest BCUT2D eigenvalue weighted by atomic mass is 16.5. The normalized spacial score (nSPS) is 26.7. The molecule has 2 rings (SSSR count). The van der Waals surface area contributed by atoms with E-state index in [1.807, 2.05) is 0 Å². The van der Waals surface area contributed by atoms with Crippen molar-refractivity contribution in [2.45, 2.75) is 32.1 Å². The van der Waals surface area contributed by atoms with Crippen LogP contribution in [0.3, 0.4) is 0 Å². The third-order valence-corrected chi connectivity index (χ3v) is 3.72. The van der Waals surface area contributed by atoms with Crippen molar-refractivity contribution in [1.29, 1.82) is 0 Å². The van der Waals surface area contributed by atoms with Crippen LogP contribution in [0, 0.1) is 11.8 Å². The Labute approximate surface area is 103 Å². The van der Waals surface area contributed by atoms with Gasteiger partial charge in [-0.3, -0.25) is 4.79 Å². The molecule has 0 amide bonds. The van der Waals surface area contributed by atoms with Crippen LogP contribution in [-0.2, 0) is 14.3 Å². The summed E-state index contributed by atoms with van der Waals surface area (Å²) < 4.78 is 10.6.